The fraction of sp³-hybridized carbons (Fsp3) is 0.519. The molecule has 0 bridgehead atoms. The monoisotopic (exact) mass is 564 g/mol. The van der Waals surface area contributed by atoms with Crippen LogP contribution in [0.2, 0.25) is 5.02 Å². The normalized spacial score (nSPS) is 14.3. The molecule has 1 aliphatic rings. The fourth-order valence-electron chi connectivity index (χ4n) is 3.82. The maximum Gasteiger partial charge on any atom is 0.302 e. The van der Waals surface area contributed by atoms with E-state index in [2.05, 4.69) is 20.3 Å². The van der Waals surface area contributed by atoms with Gasteiger partial charge in [0.05, 0.1) is 18.3 Å². The van der Waals surface area contributed by atoms with E-state index in [4.69, 9.17) is 16.9 Å². The summed E-state index contributed by atoms with van der Waals surface area (Å²) in [6.45, 7) is 8.01. The van der Waals surface area contributed by atoms with Gasteiger partial charge in [0.1, 0.15) is 11.1 Å². The number of rotatable bonds is 9. The van der Waals surface area contributed by atoms with Gasteiger partial charge in [0.25, 0.3) is 5.91 Å². The van der Waals surface area contributed by atoms with Gasteiger partial charge in [0, 0.05) is 39.0 Å². The van der Waals surface area contributed by atoms with E-state index in [1.54, 1.807) is 17.1 Å². The van der Waals surface area contributed by atoms with E-state index in [9.17, 15) is 23.5 Å². The third kappa shape index (κ3) is 9.80. The summed E-state index contributed by atoms with van der Waals surface area (Å²) >= 11 is 6.31. The number of nitrogens with zero attached hydrogens (tertiary/aromatic N) is 5. The zero-order valence-corrected chi connectivity index (χ0v) is 23.4. The molecule has 1 aromatic carbocycles. The van der Waals surface area contributed by atoms with Gasteiger partial charge >= 0.3 is 5.92 Å². The molecule has 39 heavy (non-hydrogen) atoms. The van der Waals surface area contributed by atoms with Crippen molar-refractivity contribution in [1.82, 2.24) is 20.3 Å². The molecule has 2 heterocycles. The molecule has 0 atom stereocenters. The lowest BCUT2D eigenvalue weighted by molar-refractivity contribution is -0.138. The zero-order chi connectivity index (χ0) is 29.2. The Hall–Kier alpha value is -3.20. The number of aliphatic hydroxyl groups is 1. The van der Waals surface area contributed by atoms with Gasteiger partial charge in [0.2, 0.25) is 5.82 Å². The highest BCUT2D eigenvalue weighted by Crippen LogP contribution is 2.25. The molecule has 0 aliphatic carbocycles. The minimum absolute atomic E-state index is 0.0100. The van der Waals surface area contributed by atoms with Crippen LogP contribution in [0.25, 0.3) is 0 Å². The molecule has 212 valence electrons. The van der Waals surface area contributed by atoms with Gasteiger partial charge in [-0.3, -0.25) is 24.9 Å². The third-order valence-corrected chi connectivity index (χ3v) is 6.65. The molecule has 0 radical (unpaired) electrons. The van der Waals surface area contributed by atoms with Crippen molar-refractivity contribution in [3.8, 4) is 6.07 Å². The number of aromatic nitrogens is 2. The molecule has 1 aromatic heterocycles. The van der Waals surface area contributed by atoms with Crippen LogP contribution >= 0.6 is 11.6 Å². The number of carbonyl (C=O) groups excluding carboxylic acids is 2. The maximum absolute atomic E-state index is 13.0. The zero-order valence-electron chi connectivity index (χ0n) is 22.6. The quantitative estimate of drug-likeness (QED) is 0.426. The minimum atomic E-state index is -3.14. The lowest BCUT2D eigenvalue weighted by Gasteiger charge is -2.32. The van der Waals surface area contributed by atoms with E-state index in [1.165, 1.54) is 6.20 Å². The summed E-state index contributed by atoms with van der Waals surface area (Å²) in [4.78, 5) is 33.2. The van der Waals surface area contributed by atoms with Crippen LogP contribution in [-0.4, -0.2) is 62.8 Å². The number of benzene rings is 1. The molecule has 0 spiro atoms. The number of nitrogens with one attached hydrogen (secondary N) is 1. The highest BCUT2D eigenvalue weighted by Gasteiger charge is 2.27. The van der Waals surface area contributed by atoms with Crippen LogP contribution in [0.15, 0.2) is 30.5 Å². The van der Waals surface area contributed by atoms with Gasteiger partial charge < -0.3 is 5.11 Å². The summed E-state index contributed by atoms with van der Waals surface area (Å²) in [5, 5.41) is 20.7. The average molecular weight is 565 g/mol. The van der Waals surface area contributed by atoms with Crippen LogP contribution in [0.5, 0.6) is 0 Å². The highest BCUT2D eigenvalue weighted by molar-refractivity contribution is 6.32. The van der Waals surface area contributed by atoms with E-state index < -0.39 is 11.7 Å². The molecule has 0 saturated carbocycles. The SMILES string of the molecule is CC(=O)C(C)(F)F.CCC(CC)N(NC(=O)c1ccc(CN2CCC(O)CC2)cc1)c1nc(C#N)ncc1Cl. The van der Waals surface area contributed by atoms with Crippen LogP contribution < -0.4 is 10.4 Å². The molecular formula is C27H35ClF2N6O3. The fourth-order valence-corrected chi connectivity index (χ4v) is 4.01. The lowest BCUT2D eigenvalue weighted by Crippen LogP contribution is -2.49. The number of hydrogen-bond donors (Lipinski definition) is 2. The van der Waals surface area contributed by atoms with E-state index in [0.717, 1.165) is 57.8 Å². The molecule has 1 fully saturated rings. The van der Waals surface area contributed by atoms with Crippen LogP contribution in [0, 0.1) is 11.3 Å². The first-order valence-electron chi connectivity index (χ1n) is 12.8. The van der Waals surface area contributed by atoms with Gasteiger partial charge in [0.15, 0.2) is 11.6 Å². The standard InChI is InChI=1S/C23H29ClN6O2.C4H6F2O/c1-3-18(4-2)30(22-20(24)14-26-21(13-25)27-22)28-23(32)17-7-5-16(6-8-17)15-29-11-9-19(31)10-12-29;1-3(7)4(2,5)6/h5-8,14,18-19,31H,3-4,9-12,15H2,1-2H3,(H,28,32);1-2H3. The molecule has 2 aromatic rings. The lowest BCUT2D eigenvalue weighted by atomic mass is 10.1. The van der Waals surface area contributed by atoms with Crippen molar-refractivity contribution >= 4 is 29.1 Å². The van der Waals surface area contributed by atoms with E-state index in [-0.39, 0.29) is 28.9 Å². The number of hydrazine groups is 1. The Morgan fingerprint density at radius 3 is 2.31 bits per heavy atom. The average Bonchev–Trinajstić information content (AvgIpc) is 2.90. The smallest absolute Gasteiger partial charge is 0.302 e. The molecule has 1 saturated heterocycles. The molecular weight excluding hydrogens is 530 g/mol. The summed E-state index contributed by atoms with van der Waals surface area (Å²) in [6.07, 6.45) is 4.28. The van der Waals surface area contributed by atoms with Gasteiger partial charge in [-0.25, -0.2) is 4.98 Å². The second-order valence-electron chi connectivity index (χ2n) is 9.41. The Labute approximate surface area is 232 Å². The Balaban J connectivity index is 0.000000673. The number of amides is 1. The third-order valence-electron chi connectivity index (χ3n) is 6.38. The van der Waals surface area contributed by atoms with Crippen molar-refractivity contribution in [2.45, 2.75) is 78.0 Å². The number of piperidine rings is 1. The van der Waals surface area contributed by atoms with E-state index in [1.807, 2.05) is 32.0 Å². The molecule has 1 amide bonds. The number of alkyl halides is 2. The van der Waals surface area contributed by atoms with Gasteiger partial charge in [-0.05, 0) is 43.4 Å². The van der Waals surface area contributed by atoms with Crippen LogP contribution in [-0.2, 0) is 11.3 Å². The summed E-state index contributed by atoms with van der Waals surface area (Å²) in [5.74, 6) is -4.21. The van der Waals surface area contributed by atoms with Crippen molar-refractivity contribution < 1.29 is 23.5 Å². The van der Waals surface area contributed by atoms with Crippen molar-refractivity contribution in [1.29, 1.82) is 5.26 Å². The number of Topliss-reactive ketones (excluding diaryl/α,β-unsaturated/α-hetero) is 1. The predicted molar refractivity (Wildman–Crippen MR) is 144 cm³/mol. The number of anilines is 1. The first kappa shape index (κ1) is 32.0. The van der Waals surface area contributed by atoms with Crippen molar-refractivity contribution in [3.05, 3.63) is 52.4 Å². The number of halogens is 3. The predicted octanol–water partition coefficient (Wildman–Crippen LogP) is 4.53. The molecule has 3 rings (SSSR count). The molecule has 12 heteroatoms. The van der Waals surface area contributed by atoms with Crippen LogP contribution in [0.1, 0.15) is 75.1 Å². The summed E-state index contributed by atoms with van der Waals surface area (Å²) in [5.41, 5.74) is 4.56. The Bertz CT molecular complexity index is 1140. The second-order valence-corrected chi connectivity index (χ2v) is 9.81. The Kier molecular flexibility index (Phi) is 12.2. The number of ketones is 1. The second kappa shape index (κ2) is 14.8. The Morgan fingerprint density at radius 2 is 1.82 bits per heavy atom. The number of aliphatic hydroxyl groups excluding tert-OH is 1. The molecule has 2 N–H and O–H groups in total. The van der Waals surface area contributed by atoms with Crippen molar-refractivity contribution in [2.24, 2.45) is 0 Å². The molecule has 9 nitrogen and oxygen atoms in total. The van der Waals surface area contributed by atoms with Gasteiger partial charge in [-0.1, -0.05) is 37.6 Å². The summed E-state index contributed by atoms with van der Waals surface area (Å²) < 4.78 is 23.0. The van der Waals surface area contributed by atoms with Crippen molar-refractivity contribution in [2.75, 3.05) is 18.1 Å². The molecule has 1 aliphatic heterocycles. The maximum atomic E-state index is 13.0. The van der Waals surface area contributed by atoms with Gasteiger partial charge in [-0.2, -0.15) is 19.0 Å². The first-order valence-corrected chi connectivity index (χ1v) is 13.2. The number of likely N-dealkylation sites (tertiary alicyclic amines) is 1. The largest absolute Gasteiger partial charge is 0.393 e. The molecule has 0 unspecified atom stereocenters. The number of hydrogen-bond acceptors (Lipinski definition) is 8. The summed E-state index contributed by atoms with van der Waals surface area (Å²) in [7, 11) is 0. The topological polar surface area (TPSA) is 122 Å². The summed E-state index contributed by atoms with van der Waals surface area (Å²) in [6, 6.07) is 9.37. The van der Waals surface area contributed by atoms with Gasteiger partial charge in [-0.15, -0.1) is 0 Å². The van der Waals surface area contributed by atoms with Crippen molar-refractivity contribution in [3.63, 3.8) is 0 Å². The number of nitriles is 1. The van der Waals surface area contributed by atoms with E-state index in [0.29, 0.717) is 18.3 Å². The van der Waals surface area contributed by atoms with Crippen LogP contribution in [0.4, 0.5) is 14.6 Å². The van der Waals surface area contributed by atoms with E-state index >= 15 is 0 Å². The van der Waals surface area contributed by atoms with Crippen LogP contribution in [0.3, 0.4) is 0 Å². The minimum Gasteiger partial charge on any atom is -0.393 e. The highest BCUT2D eigenvalue weighted by atomic mass is 35.5. The Morgan fingerprint density at radius 1 is 1.26 bits per heavy atom. The first-order chi connectivity index (χ1) is 18.4. The number of carbonyl (C=O) groups is 2.